The largest absolute Gasteiger partial charge is 0.468 e. The normalized spacial score (nSPS) is 23.0. The van der Waals surface area contributed by atoms with Gasteiger partial charge in [-0.05, 0) is 55.8 Å². The molecule has 4 rings (SSSR count). The van der Waals surface area contributed by atoms with E-state index in [1.54, 1.807) is 0 Å². The van der Waals surface area contributed by atoms with Crippen molar-refractivity contribution in [3.8, 4) is 0 Å². The Hall–Kier alpha value is -2.22. The van der Waals surface area contributed by atoms with Gasteiger partial charge in [-0.25, -0.2) is 0 Å². The predicted octanol–water partition coefficient (Wildman–Crippen LogP) is 2.80. The Morgan fingerprint density at radius 1 is 1.13 bits per heavy atom. The summed E-state index contributed by atoms with van der Waals surface area (Å²) in [5, 5.41) is 5.02. The van der Waals surface area contributed by atoms with Crippen molar-refractivity contribution < 1.29 is 14.3 Å². The average Bonchev–Trinajstić information content (AvgIpc) is 3.49. The van der Waals surface area contributed by atoms with E-state index >= 15 is 0 Å². The molecule has 1 aromatic carbocycles. The monoisotopic (exact) mass is 441 g/mol. The van der Waals surface area contributed by atoms with Gasteiger partial charge in [0.2, 0.25) is 0 Å². The number of piperidine rings is 1. The van der Waals surface area contributed by atoms with Crippen molar-refractivity contribution in [1.82, 2.24) is 15.1 Å². The number of rotatable bonds is 7. The van der Waals surface area contributed by atoms with Gasteiger partial charge in [0.1, 0.15) is 6.04 Å². The molecule has 0 bridgehead atoms. The molecule has 1 amide bonds. The Balaban J connectivity index is 1.31. The molecule has 166 valence electrons. The van der Waals surface area contributed by atoms with Crippen molar-refractivity contribution in [1.29, 1.82) is 0 Å². The van der Waals surface area contributed by atoms with Gasteiger partial charge < -0.3 is 15.0 Å². The third-order valence-electron chi connectivity index (χ3n) is 6.48. The zero-order chi connectivity index (χ0) is 21.6. The van der Waals surface area contributed by atoms with Gasteiger partial charge in [0, 0.05) is 25.2 Å². The van der Waals surface area contributed by atoms with E-state index in [9.17, 15) is 9.59 Å². The molecule has 7 heteroatoms. The number of benzene rings is 1. The van der Waals surface area contributed by atoms with Gasteiger partial charge in [-0.2, -0.15) is 0 Å². The number of nitrogens with one attached hydrogen (secondary N) is 1. The lowest BCUT2D eigenvalue weighted by molar-refractivity contribution is -0.147. The maximum absolute atomic E-state index is 12.5. The molecule has 0 radical (unpaired) electrons. The summed E-state index contributed by atoms with van der Waals surface area (Å²) in [7, 11) is 1.45. The third-order valence-corrected chi connectivity index (χ3v) is 7.35. The highest BCUT2D eigenvalue weighted by Gasteiger charge is 2.42. The Labute approximate surface area is 188 Å². The van der Waals surface area contributed by atoms with Gasteiger partial charge in [-0.3, -0.25) is 14.5 Å². The summed E-state index contributed by atoms with van der Waals surface area (Å²) in [6.45, 7) is 3.84. The molecule has 2 saturated heterocycles. The molecule has 0 spiro atoms. The molecule has 0 unspecified atom stereocenters. The standard InChI is InChI=1S/C24H31N3O3S/c1-30-24(29)21-16-19(25-23(28)22-8-5-15-31-22)17-27(21)20-10-13-26(14-11-20)12-9-18-6-3-2-4-7-18/h2-8,15,19-21H,9-14,16-17H2,1H3,(H,25,28)/t19-,21-/m0/s1. The fourth-order valence-electron chi connectivity index (χ4n) is 4.81. The number of amides is 1. The molecule has 2 aliphatic heterocycles. The van der Waals surface area contributed by atoms with Crippen LogP contribution in [-0.2, 0) is 16.0 Å². The summed E-state index contributed by atoms with van der Waals surface area (Å²) in [6.07, 6.45) is 3.75. The quantitative estimate of drug-likeness (QED) is 0.670. The van der Waals surface area contributed by atoms with E-state index in [0.29, 0.717) is 23.9 Å². The Morgan fingerprint density at radius 2 is 1.90 bits per heavy atom. The van der Waals surface area contributed by atoms with Crippen LogP contribution in [0.25, 0.3) is 0 Å². The van der Waals surface area contributed by atoms with Gasteiger partial charge in [-0.15, -0.1) is 11.3 Å². The molecule has 0 saturated carbocycles. The van der Waals surface area contributed by atoms with Gasteiger partial charge in [0.25, 0.3) is 5.91 Å². The fourth-order valence-corrected chi connectivity index (χ4v) is 5.43. The zero-order valence-electron chi connectivity index (χ0n) is 18.0. The Kier molecular flexibility index (Phi) is 7.37. The van der Waals surface area contributed by atoms with Crippen LogP contribution >= 0.6 is 11.3 Å². The molecule has 2 atom stereocenters. The Morgan fingerprint density at radius 3 is 2.58 bits per heavy atom. The number of hydrogen-bond donors (Lipinski definition) is 1. The van der Waals surface area contributed by atoms with Crippen LogP contribution in [0.1, 0.15) is 34.5 Å². The van der Waals surface area contributed by atoms with Gasteiger partial charge in [0.05, 0.1) is 12.0 Å². The minimum Gasteiger partial charge on any atom is -0.468 e. The van der Waals surface area contributed by atoms with Crippen LogP contribution < -0.4 is 5.32 Å². The maximum Gasteiger partial charge on any atom is 0.323 e. The first-order chi connectivity index (χ1) is 15.1. The lowest BCUT2D eigenvalue weighted by atomic mass is 10.0. The van der Waals surface area contributed by atoms with Crippen molar-refractivity contribution in [2.24, 2.45) is 0 Å². The first kappa shape index (κ1) is 22.0. The van der Waals surface area contributed by atoms with Gasteiger partial charge >= 0.3 is 5.97 Å². The summed E-state index contributed by atoms with van der Waals surface area (Å²) >= 11 is 1.44. The number of methoxy groups -OCH3 is 1. The van der Waals surface area contributed by atoms with Crippen molar-refractivity contribution >= 4 is 23.2 Å². The number of carbonyl (C=O) groups excluding carboxylic acids is 2. The van der Waals surface area contributed by atoms with Crippen molar-refractivity contribution in [3.63, 3.8) is 0 Å². The van der Waals surface area contributed by atoms with Crippen molar-refractivity contribution in [2.75, 3.05) is 33.3 Å². The molecule has 3 heterocycles. The van der Waals surface area contributed by atoms with E-state index in [1.165, 1.54) is 24.0 Å². The van der Waals surface area contributed by atoms with Gasteiger partial charge in [0.15, 0.2) is 0 Å². The molecular formula is C24H31N3O3S. The summed E-state index contributed by atoms with van der Waals surface area (Å²) in [5.41, 5.74) is 1.37. The lowest BCUT2D eigenvalue weighted by Gasteiger charge is -2.38. The zero-order valence-corrected chi connectivity index (χ0v) is 18.9. The molecule has 1 N–H and O–H groups in total. The maximum atomic E-state index is 12.5. The summed E-state index contributed by atoms with van der Waals surface area (Å²) in [6, 6.07) is 14.4. The van der Waals surface area contributed by atoms with Crippen LogP contribution in [0, 0.1) is 0 Å². The number of carbonyl (C=O) groups is 2. The van der Waals surface area contributed by atoms with Crippen LogP contribution in [0.2, 0.25) is 0 Å². The topological polar surface area (TPSA) is 61.9 Å². The number of likely N-dealkylation sites (tertiary alicyclic amines) is 2. The molecule has 0 aliphatic carbocycles. The second-order valence-corrected chi connectivity index (χ2v) is 9.38. The molecule has 6 nitrogen and oxygen atoms in total. The van der Waals surface area contributed by atoms with E-state index in [-0.39, 0.29) is 24.0 Å². The number of ether oxygens (including phenoxy) is 1. The van der Waals surface area contributed by atoms with Crippen LogP contribution in [0.15, 0.2) is 47.8 Å². The van der Waals surface area contributed by atoms with E-state index in [4.69, 9.17) is 4.74 Å². The highest BCUT2D eigenvalue weighted by atomic mass is 32.1. The van der Waals surface area contributed by atoms with Crippen LogP contribution in [-0.4, -0.2) is 73.1 Å². The van der Waals surface area contributed by atoms with E-state index in [0.717, 1.165) is 38.9 Å². The smallest absolute Gasteiger partial charge is 0.323 e. The Bertz CT molecular complexity index is 850. The highest BCUT2D eigenvalue weighted by Crippen LogP contribution is 2.27. The summed E-state index contributed by atoms with van der Waals surface area (Å²) in [4.78, 5) is 30.4. The third kappa shape index (κ3) is 5.53. The second kappa shape index (κ2) is 10.4. The SMILES string of the molecule is COC(=O)[C@@H]1C[C@H](NC(=O)c2cccs2)CN1C1CCN(CCc2ccccc2)CC1. The first-order valence-corrected chi connectivity index (χ1v) is 12.0. The van der Waals surface area contributed by atoms with Crippen molar-refractivity contribution in [2.45, 2.75) is 43.8 Å². The molecule has 31 heavy (non-hydrogen) atoms. The number of nitrogens with zero attached hydrogens (tertiary/aromatic N) is 2. The van der Waals surface area contributed by atoms with Crippen molar-refractivity contribution in [3.05, 3.63) is 58.3 Å². The van der Waals surface area contributed by atoms with Crippen LogP contribution in [0.5, 0.6) is 0 Å². The minimum absolute atomic E-state index is 0.0326. The van der Waals surface area contributed by atoms with Crippen LogP contribution in [0.4, 0.5) is 0 Å². The first-order valence-electron chi connectivity index (χ1n) is 11.1. The van der Waals surface area contributed by atoms with Crippen LogP contribution in [0.3, 0.4) is 0 Å². The molecular weight excluding hydrogens is 410 g/mol. The minimum atomic E-state index is -0.278. The van der Waals surface area contributed by atoms with E-state index < -0.39 is 0 Å². The number of esters is 1. The molecule has 2 aliphatic rings. The molecule has 2 fully saturated rings. The molecule has 1 aromatic heterocycles. The number of thiophene rings is 1. The second-order valence-electron chi connectivity index (χ2n) is 8.43. The fraction of sp³-hybridized carbons (Fsp3) is 0.500. The average molecular weight is 442 g/mol. The van der Waals surface area contributed by atoms with E-state index in [2.05, 4.69) is 45.4 Å². The molecule has 2 aromatic rings. The summed E-state index contributed by atoms with van der Waals surface area (Å²) < 4.78 is 5.09. The van der Waals surface area contributed by atoms with Gasteiger partial charge in [-0.1, -0.05) is 36.4 Å². The lowest BCUT2D eigenvalue weighted by Crippen LogP contribution is -2.49. The van der Waals surface area contributed by atoms with E-state index in [1.807, 2.05) is 17.5 Å². The highest BCUT2D eigenvalue weighted by molar-refractivity contribution is 7.12. The number of hydrogen-bond acceptors (Lipinski definition) is 6. The predicted molar refractivity (Wildman–Crippen MR) is 122 cm³/mol. The summed E-state index contributed by atoms with van der Waals surface area (Å²) in [5.74, 6) is -0.249.